The van der Waals surface area contributed by atoms with E-state index in [2.05, 4.69) is 31.1 Å². The van der Waals surface area contributed by atoms with Crippen molar-refractivity contribution in [2.24, 2.45) is 0 Å². The minimum atomic E-state index is -0.827. The number of ether oxygens (including phenoxy) is 1. The molecular weight excluding hydrogens is 314 g/mol. The second-order valence-corrected chi connectivity index (χ2v) is 6.84. The summed E-state index contributed by atoms with van der Waals surface area (Å²) in [5.74, 6) is 1.18. The summed E-state index contributed by atoms with van der Waals surface area (Å²) in [4.78, 5) is 14.2. The third kappa shape index (κ3) is 3.53. The number of aliphatic carboxylic acids is 1. The van der Waals surface area contributed by atoms with Crippen molar-refractivity contribution >= 4 is 16.9 Å². The van der Waals surface area contributed by atoms with Gasteiger partial charge in [-0.15, -0.1) is 0 Å². The van der Waals surface area contributed by atoms with Gasteiger partial charge in [0.1, 0.15) is 11.5 Å². The summed E-state index contributed by atoms with van der Waals surface area (Å²) < 4.78 is 6.15. The van der Waals surface area contributed by atoms with Crippen LogP contribution in [0.5, 0.6) is 11.5 Å². The van der Waals surface area contributed by atoms with E-state index in [9.17, 15) is 4.79 Å². The average molecular weight is 337 g/mol. The van der Waals surface area contributed by atoms with Gasteiger partial charge in [-0.05, 0) is 60.2 Å². The van der Waals surface area contributed by atoms with E-state index < -0.39 is 5.97 Å². The lowest BCUT2D eigenvalue weighted by molar-refractivity contribution is -0.136. The lowest BCUT2D eigenvalue weighted by Crippen LogP contribution is -2.02. The number of carboxylic acid groups (broad SMARTS) is 1. The quantitative estimate of drug-likeness (QED) is 0.661. The molecule has 1 heterocycles. The summed E-state index contributed by atoms with van der Waals surface area (Å²) in [6.07, 6.45) is 2.07. The first-order valence-electron chi connectivity index (χ1n) is 8.46. The molecule has 0 aliphatic heterocycles. The first kappa shape index (κ1) is 17.1. The Morgan fingerprint density at radius 1 is 1.16 bits per heavy atom. The van der Waals surface area contributed by atoms with Crippen LogP contribution in [0.4, 0.5) is 0 Å². The van der Waals surface area contributed by atoms with E-state index in [1.54, 1.807) is 0 Å². The van der Waals surface area contributed by atoms with E-state index in [-0.39, 0.29) is 6.42 Å². The van der Waals surface area contributed by atoms with Crippen molar-refractivity contribution in [2.45, 2.75) is 40.0 Å². The first-order valence-corrected chi connectivity index (χ1v) is 8.46. The van der Waals surface area contributed by atoms with Gasteiger partial charge < -0.3 is 14.8 Å². The lowest BCUT2D eigenvalue weighted by Gasteiger charge is -2.14. The zero-order valence-electron chi connectivity index (χ0n) is 15.0. The molecule has 3 rings (SSSR count). The fraction of sp³-hybridized carbons (Fsp3) is 0.286. The summed E-state index contributed by atoms with van der Waals surface area (Å²) in [7, 11) is 0. The molecule has 0 spiro atoms. The number of aromatic nitrogens is 1. The van der Waals surface area contributed by atoms with Crippen LogP contribution >= 0.6 is 0 Å². The van der Waals surface area contributed by atoms with Crippen molar-refractivity contribution in [1.82, 2.24) is 4.98 Å². The van der Waals surface area contributed by atoms with Gasteiger partial charge in [0.05, 0.1) is 6.42 Å². The topological polar surface area (TPSA) is 62.3 Å². The second-order valence-electron chi connectivity index (χ2n) is 6.84. The van der Waals surface area contributed by atoms with Gasteiger partial charge in [0.15, 0.2) is 0 Å². The number of H-pyrrole nitrogens is 1. The van der Waals surface area contributed by atoms with Crippen molar-refractivity contribution < 1.29 is 14.6 Å². The maximum atomic E-state index is 10.9. The number of carbonyl (C=O) groups is 1. The highest BCUT2D eigenvalue weighted by Gasteiger charge is 2.12. The molecule has 1 aromatic heterocycles. The molecule has 2 aromatic carbocycles. The molecule has 2 N–H and O–H groups in total. The molecule has 4 heteroatoms. The van der Waals surface area contributed by atoms with Gasteiger partial charge in [-0.1, -0.05) is 26.0 Å². The number of hydrogen-bond acceptors (Lipinski definition) is 2. The minimum Gasteiger partial charge on any atom is -0.481 e. The van der Waals surface area contributed by atoms with Crippen molar-refractivity contribution in [3.63, 3.8) is 0 Å². The SMILES string of the molecule is Cc1cc(CC(=O)O)cc(C)c1Oc1ccc2[nH]cc(C(C)C)c2c1. The summed E-state index contributed by atoms with van der Waals surface area (Å²) in [6.45, 7) is 8.24. The minimum absolute atomic E-state index is 0.0228. The molecule has 0 unspecified atom stereocenters. The number of aryl methyl sites for hydroxylation is 2. The van der Waals surface area contributed by atoms with Crippen molar-refractivity contribution in [3.8, 4) is 11.5 Å². The zero-order chi connectivity index (χ0) is 18.1. The average Bonchev–Trinajstić information content (AvgIpc) is 2.93. The molecule has 0 fully saturated rings. The smallest absolute Gasteiger partial charge is 0.307 e. The Morgan fingerprint density at radius 2 is 1.84 bits per heavy atom. The van der Waals surface area contributed by atoms with E-state index in [1.165, 1.54) is 10.9 Å². The number of aromatic amines is 1. The Kier molecular flexibility index (Phi) is 4.53. The molecule has 4 nitrogen and oxygen atoms in total. The third-order valence-corrected chi connectivity index (χ3v) is 4.40. The standard InChI is InChI=1S/C21H23NO3/c1-12(2)18-11-22-19-6-5-16(10-17(18)19)25-21-13(3)7-15(8-14(21)4)9-20(23)24/h5-8,10-12,22H,9H2,1-4H3,(H,23,24). The number of benzene rings is 2. The summed E-state index contributed by atoms with van der Waals surface area (Å²) >= 11 is 0. The van der Waals surface area contributed by atoms with Crippen LogP contribution in [-0.2, 0) is 11.2 Å². The predicted octanol–water partition coefficient (Wildman–Crippen LogP) is 5.33. The highest BCUT2D eigenvalue weighted by atomic mass is 16.5. The van der Waals surface area contributed by atoms with Crippen LogP contribution < -0.4 is 4.74 Å². The molecule has 0 amide bonds. The Balaban J connectivity index is 1.95. The van der Waals surface area contributed by atoms with E-state index in [0.29, 0.717) is 5.92 Å². The monoisotopic (exact) mass is 337 g/mol. The van der Waals surface area contributed by atoms with Crippen molar-refractivity contribution in [1.29, 1.82) is 0 Å². The van der Waals surface area contributed by atoms with Crippen LogP contribution in [0.1, 0.15) is 42.0 Å². The Morgan fingerprint density at radius 3 is 2.44 bits per heavy atom. The molecule has 0 aliphatic rings. The summed E-state index contributed by atoms with van der Waals surface area (Å²) in [5, 5.41) is 10.1. The molecule has 0 bridgehead atoms. The summed E-state index contributed by atoms with van der Waals surface area (Å²) in [5.41, 5.74) is 5.04. The third-order valence-electron chi connectivity index (χ3n) is 4.40. The van der Waals surface area contributed by atoms with Crippen LogP contribution in [0.3, 0.4) is 0 Å². The molecule has 0 aliphatic carbocycles. The van der Waals surface area contributed by atoms with Crippen LogP contribution in [0, 0.1) is 13.8 Å². The number of rotatable bonds is 5. The van der Waals surface area contributed by atoms with Gasteiger partial charge in [-0.2, -0.15) is 0 Å². The first-order chi connectivity index (χ1) is 11.8. The predicted molar refractivity (Wildman–Crippen MR) is 99.7 cm³/mol. The molecule has 3 aromatic rings. The molecule has 0 saturated carbocycles. The maximum absolute atomic E-state index is 10.9. The number of fused-ring (bicyclic) bond motifs is 1. The number of nitrogens with one attached hydrogen (secondary N) is 1. The van der Waals surface area contributed by atoms with Gasteiger partial charge in [0, 0.05) is 17.1 Å². The molecule has 25 heavy (non-hydrogen) atoms. The fourth-order valence-electron chi connectivity index (χ4n) is 3.26. The van der Waals surface area contributed by atoms with Crippen LogP contribution in [0.25, 0.3) is 10.9 Å². The van der Waals surface area contributed by atoms with E-state index in [0.717, 1.165) is 33.7 Å². The molecule has 0 atom stereocenters. The number of hydrogen-bond donors (Lipinski definition) is 2. The molecule has 0 radical (unpaired) electrons. The highest BCUT2D eigenvalue weighted by Crippen LogP contribution is 2.33. The van der Waals surface area contributed by atoms with Crippen LogP contribution in [0.15, 0.2) is 36.5 Å². The normalized spacial score (nSPS) is 11.2. The summed E-state index contributed by atoms with van der Waals surface area (Å²) in [6, 6.07) is 9.80. The van der Waals surface area contributed by atoms with Gasteiger partial charge in [-0.25, -0.2) is 0 Å². The highest BCUT2D eigenvalue weighted by molar-refractivity contribution is 5.85. The maximum Gasteiger partial charge on any atom is 0.307 e. The van der Waals surface area contributed by atoms with E-state index in [4.69, 9.17) is 9.84 Å². The molecular formula is C21H23NO3. The van der Waals surface area contributed by atoms with E-state index >= 15 is 0 Å². The van der Waals surface area contributed by atoms with Gasteiger partial charge in [0.2, 0.25) is 0 Å². The lowest BCUT2D eigenvalue weighted by atomic mass is 10.0. The number of carboxylic acids is 1. The van der Waals surface area contributed by atoms with Crippen LogP contribution in [-0.4, -0.2) is 16.1 Å². The Labute approximate surface area is 147 Å². The zero-order valence-corrected chi connectivity index (χ0v) is 15.0. The second kappa shape index (κ2) is 6.63. The Bertz CT molecular complexity index is 914. The van der Waals surface area contributed by atoms with Crippen molar-refractivity contribution in [3.05, 3.63) is 58.8 Å². The Hall–Kier alpha value is -2.75. The van der Waals surface area contributed by atoms with Crippen LogP contribution in [0.2, 0.25) is 0 Å². The molecule has 0 saturated heterocycles. The largest absolute Gasteiger partial charge is 0.481 e. The molecule has 130 valence electrons. The fourth-order valence-corrected chi connectivity index (χ4v) is 3.26. The van der Waals surface area contributed by atoms with Crippen molar-refractivity contribution in [2.75, 3.05) is 0 Å². The van der Waals surface area contributed by atoms with Gasteiger partial charge in [-0.3, -0.25) is 4.79 Å². The van der Waals surface area contributed by atoms with Gasteiger partial charge >= 0.3 is 5.97 Å². The van der Waals surface area contributed by atoms with E-state index in [1.807, 2.05) is 38.1 Å². The van der Waals surface area contributed by atoms with Gasteiger partial charge in [0.25, 0.3) is 0 Å².